The molecule has 1 aliphatic heterocycles. The van der Waals surface area contributed by atoms with Crippen molar-refractivity contribution in [1.82, 2.24) is 14.0 Å². The van der Waals surface area contributed by atoms with Gasteiger partial charge in [-0.3, -0.25) is 4.79 Å². The summed E-state index contributed by atoms with van der Waals surface area (Å²) in [6.07, 6.45) is 6.08. The molecule has 0 aliphatic carbocycles. The van der Waals surface area contributed by atoms with Crippen LogP contribution in [0.4, 0.5) is 0 Å². The molecule has 1 amide bonds. The lowest BCUT2D eigenvalue weighted by atomic mass is 9.99. The Bertz CT molecular complexity index is 1100. The summed E-state index contributed by atoms with van der Waals surface area (Å²) < 4.78 is 4.27. The van der Waals surface area contributed by atoms with Gasteiger partial charge in [-0.2, -0.15) is 0 Å². The first-order valence-corrected chi connectivity index (χ1v) is 9.55. The fourth-order valence-electron chi connectivity index (χ4n) is 4.06. The van der Waals surface area contributed by atoms with Crippen molar-refractivity contribution in [1.29, 1.82) is 0 Å². The van der Waals surface area contributed by atoms with Crippen LogP contribution in [0.1, 0.15) is 27.7 Å². The Hall–Kier alpha value is -3.53. The Kier molecular flexibility index (Phi) is 4.09. The highest BCUT2D eigenvalue weighted by Gasteiger charge is 2.32. The van der Waals surface area contributed by atoms with Gasteiger partial charge in [0.1, 0.15) is 0 Å². The molecular formula is C24H21N3O. The first-order chi connectivity index (χ1) is 13.8. The normalized spacial score (nSPS) is 16.0. The lowest BCUT2D eigenvalue weighted by Crippen LogP contribution is -2.42. The molecule has 0 fully saturated rings. The van der Waals surface area contributed by atoms with Gasteiger partial charge in [0, 0.05) is 48.6 Å². The highest BCUT2D eigenvalue weighted by atomic mass is 16.2. The zero-order valence-corrected chi connectivity index (χ0v) is 15.5. The quantitative estimate of drug-likeness (QED) is 0.523. The van der Waals surface area contributed by atoms with Gasteiger partial charge in [0.2, 0.25) is 0 Å². The molecule has 0 saturated carbocycles. The van der Waals surface area contributed by atoms with Crippen molar-refractivity contribution in [2.75, 3.05) is 6.54 Å². The standard InChI is InChI=1S/C24H21N3O/c28-24(20-10-6-11-21(18-20)25-13-4-5-14-25)27-17-16-26-15-7-12-22(26)23(27)19-8-2-1-3-9-19/h1-15,18,23H,16-17H2. The van der Waals surface area contributed by atoms with Crippen LogP contribution in [-0.4, -0.2) is 26.5 Å². The van der Waals surface area contributed by atoms with Crippen LogP contribution < -0.4 is 0 Å². The van der Waals surface area contributed by atoms with Gasteiger partial charge in [-0.05, 0) is 48.0 Å². The van der Waals surface area contributed by atoms with E-state index in [9.17, 15) is 4.79 Å². The van der Waals surface area contributed by atoms with Gasteiger partial charge >= 0.3 is 0 Å². The second-order valence-electron chi connectivity index (χ2n) is 7.08. The topological polar surface area (TPSA) is 30.2 Å². The minimum Gasteiger partial charge on any atom is -0.348 e. The van der Waals surface area contributed by atoms with Crippen LogP contribution in [-0.2, 0) is 6.54 Å². The maximum atomic E-state index is 13.5. The third-order valence-electron chi connectivity index (χ3n) is 5.41. The van der Waals surface area contributed by atoms with Crippen molar-refractivity contribution in [2.24, 2.45) is 0 Å². The smallest absolute Gasteiger partial charge is 0.254 e. The Labute approximate surface area is 164 Å². The van der Waals surface area contributed by atoms with E-state index in [0.29, 0.717) is 12.1 Å². The minimum atomic E-state index is -0.0762. The highest BCUT2D eigenvalue weighted by Crippen LogP contribution is 2.33. The predicted octanol–water partition coefficient (Wildman–Crippen LogP) is 4.52. The zero-order valence-electron chi connectivity index (χ0n) is 15.5. The summed E-state index contributed by atoms with van der Waals surface area (Å²) in [4.78, 5) is 15.5. The molecule has 4 nitrogen and oxygen atoms in total. The molecule has 0 saturated heterocycles. The van der Waals surface area contributed by atoms with Crippen molar-refractivity contribution in [3.63, 3.8) is 0 Å². The summed E-state index contributed by atoms with van der Waals surface area (Å²) >= 11 is 0. The first-order valence-electron chi connectivity index (χ1n) is 9.55. The molecule has 4 heteroatoms. The van der Waals surface area contributed by atoms with Crippen molar-refractivity contribution >= 4 is 5.91 Å². The van der Waals surface area contributed by atoms with Gasteiger partial charge in [0.05, 0.1) is 6.04 Å². The average molecular weight is 367 g/mol. The molecule has 2 aromatic heterocycles. The van der Waals surface area contributed by atoms with Gasteiger partial charge < -0.3 is 14.0 Å². The minimum absolute atomic E-state index is 0.0651. The van der Waals surface area contributed by atoms with E-state index in [-0.39, 0.29) is 11.9 Å². The molecule has 5 rings (SSSR count). The Morgan fingerprint density at radius 1 is 0.786 bits per heavy atom. The second kappa shape index (κ2) is 6.89. The number of hydrogen-bond donors (Lipinski definition) is 0. The third kappa shape index (κ3) is 2.83. The molecule has 1 unspecified atom stereocenters. The molecule has 28 heavy (non-hydrogen) atoms. The maximum Gasteiger partial charge on any atom is 0.254 e. The summed E-state index contributed by atoms with van der Waals surface area (Å²) in [6.45, 7) is 1.50. The van der Waals surface area contributed by atoms with E-state index in [1.54, 1.807) is 0 Å². The number of hydrogen-bond acceptors (Lipinski definition) is 1. The average Bonchev–Trinajstić information content (AvgIpc) is 3.45. The number of nitrogens with zero attached hydrogens (tertiary/aromatic N) is 3. The van der Waals surface area contributed by atoms with E-state index in [2.05, 4.69) is 35.0 Å². The molecule has 4 aromatic rings. The van der Waals surface area contributed by atoms with E-state index < -0.39 is 0 Å². The number of benzene rings is 2. The van der Waals surface area contributed by atoms with Gasteiger partial charge in [-0.25, -0.2) is 0 Å². The van der Waals surface area contributed by atoms with Gasteiger partial charge in [-0.1, -0.05) is 36.4 Å². The van der Waals surface area contributed by atoms with Crippen LogP contribution in [0.25, 0.3) is 5.69 Å². The molecular weight excluding hydrogens is 346 g/mol. The van der Waals surface area contributed by atoms with Gasteiger partial charge in [0.15, 0.2) is 0 Å². The van der Waals surface area contributed by atoms with Crippen LogP contribution in [0.2, 0.25) is 0 Å². The van der Waals surface area contributed by atoms with Crippen LogP contribution in [0, 0.1) is 0 Å². The fraction of sp³-hybridized carbons (Fsp3) is 0.125. The van der Waals surface area contributed by atoms with Gasteiger partial charge in [-0.15, -0.1) is 0 Å². The summed E-state index contributed by atoms with van der Waals surface area (Å²) in [5.74, 6) is 0.0651. The van der Waals surface area contributed by atoms with E-state index >= 15 is 0 Å². The SMILES string of the molecule is O=C(c1cccc(-n2cccc2)c1)N1CCn2cccc2C1c1ccccc1. The largest absolute Gasteiger partial charge is 0.348 e. The summed E-state index contributed by atoms with van der Waals surface area (Å²) in [7, 11) is 0. The van der Waals surface area contributed by atoms with Crippen LogP contribution in [0.5, 0.6) is 0 Å². The summed E-state index contributed by atoms with van der Waals surface area (Å²) in [5, 5.41) is 0. The van der Waals surface area contributed by atoms with Crippen LogP contribution >= 0.6 is 0 Å². The monoisotopic (exact) mass is 367 g/mol. The van der Waals surface area contributed by atoms with E-state index in [0.717, 1.165) is 23.5 Å². The highest BCUT2D eigenvalue weighted by molar-refractivity contribution is 5.95. The molecule has 1 atom stereocenters. The molecule has 138 valence electrons. The van der Waals surface area contributed by atoms with E-state index in [4.69, 9.17) is 0 Å². The molecule has 0 radical (unpaired) electrons. The Balaban J connectivity index is 1.54. The van der Waals surface area contributed by atoms with Crippen molar-refractivity contribution < 1.29 is 4.79 Å². The first kappa shape index (κ1) is 16.6. The van der Waals surface area contributed by atoms with Crippen molar-refractivity contribution in [3.8, 4) is 5.69 Å². The number of aromatic nitrogens is 2. The number of amides is 1. The molecule has 0 bridgehead atoms. The number of carbonyl (C=O) groups is 1. The van der Waals surface area contributed by atoms with Crippen LogP contribution in [0.15, 0.2) is 97.5 Å². The van der Waals surface area contributed by atoms with Gasteiger partial charge in [0.25, 0.3) is 5.91 Å². The Morgan fingerprint density at radius 2 is 1.61 bits per heavy atom. The second-order valence-corrected chi connectivity index (χ2v) is 7.08. The number of fused-ring (bicyclic) bond motifs is 1. The zero-order chi connectivity index (χ0) is 18.9. The molecule has 3 heterocycles. The predicted molar refractivity (Wildman–Crippen MR) is 110 cm³/mol. The van der Waals surface area contributed by atoms with E-state index in [1.807, 2.05) is 76.5 Å². The van der Waals surface area contributed by atoms with Crippen molar-refractivity contribution in [2.45, 2.75) is 12.6 Å². The molecule has 1 aliphatic rings. The van der Waals surface area contributed by atoms with Crippen LogP contribution in [0.3, 0.4) is 0 Å². The third-order valence-corrected chi connectivity index (χ3v) is 5.41. The maximum absolute atomic E-state index is 13.5. The fourth-order valence-corrected chi connectivity index (χ4v) is 4.06. The lowest BCUT2D eigenvalue weighted by Gasteiger charge is -2.37. The summed E-state index contributed by atoms with van der Waals surface area (Å²) in [6, 6.07) is 26.2. The lowest BCUT2D eigenvalue weighted by molar-refractivity contribution is 0.0664. The molecule has 2 aromatic carbocycles. The number of carbonyl (C=O) groups excluding carboxylic acids is 1. The molecule has 0 N–H and O–H groups in total. The number of rotatable bonds is 3. The summed E-state index contributed by atoms with van der Waals surface area (Å²) in [5.41, 5.74) is 4.00. The van der Waals surface area contributed by atoms with Crippen molar-refractivity contribution in [3.05, 3.63) is 114 Å². The van der Waals surface area contributed by atoms with E-state index in [1.165, 1.54) is 0 Å². The Morgan fingerprint density at radius 3 is 2.43 bits per heavy atom. The molecule has 0 spiro atoms.